The first-order valence-corrected chi connectivity index (χ1v) is 4.14. The monoisotopic (exact) mass is 176 g/mol. The van der Waals surface area contributed by atoms with Crippen molar-refractivity contribution in [3.63, 3.8) is 0 Å². The number of hydrogen-bond acceptors (Lipinski definition) is 2. The van der Waals surface area contributed by atoms with Crippen LogP contribution >= 0.6 is 12.2 Å². The molecule has 0 fully saturated rings. The molecule has 0 unspecified atom stereocenters. The van der Waals surface area contributed by atoms with Gasteiger partial charge >= 0.3 is 0 Å². The maximum Gasteiger partial charge on any atom is 0.197 e. The Morgan fingerprint density at radius 1 is 1.33 bits per heavy atom. The summed E-state index contributed by atoms with van der Waals surface area (Å²) in [6, 6.07) is 7.95. The summed E-state index contributed by atoms with van der Waals surface area (Å²) in [5.74, 6) is 0. The van der Waals surface area contributed by atoms with Crippen molar-refractivity contribution in [1.29, 1.82) is 0 Å². The van der Waals surface area contributed by atoms with E-state index in [0.717, 1.165) is 16.6 Å². The fourth-order valence-electron chi connectivity index (χ4n) is 1.25. The molecule has 0 aliphatic carbocycles. The first-order chi connectivity index (χ1) is 5.77. The van der Waals surface area contributed by atoms with Gasteiger partial charge in [0.1, 0.15) is 0 Å². The molecule has 1 aromatic heterocycles. The number of aryl methyl sites for hydroxylation is 1. The van der Waals surface area contributed by atoms with Gasteiger partial charge in [0.05, 0.1) is 5.52 Å². The Morgan fingerprint density at radius 3 is 2.92 bits per heavy atom. The van der Waals surface area contributed by atoms with Crippen LogP contribution in [0.1, 0.15) is 5.69 Å². The zero-order chi connectivity index (χ0) is 8.55. The van der Waals surface area contributed by atoms with Crippen LogP contribution in [0.15, 0.2) is 24.3 Å². The van der Waals surface area contributed by atoms with Gasteiger partial charge in [-0.05, 0) is 25.2 Å². The van der Waals surface area contributed by atoms with Crippen molar-refractivity contribution in [3.8, 4) is 0 Å². The fraction of sp³-hybridized carbons (Fsp3) is 0.111. The van der Waals surface area contributed by atoms with E-state index in [4.69, 9.17) is 12.2 Å². The minimum absolute atomic E-state index is 0.547. The molecular weight excluding hydrogens is 168 g/mol. The second-order valence-corrected chi connectivity index (χ2v) is 3.07. The van der Waals surface area contributed by atoms with Crippen LogP contribution in [0, 0.1) is 11.7 Å². The molecule has 0 radical (unpaired) electrons. The van der Waals surface area contributed by atoms with Gasteiger partial charge in [0, 0.05) is 11.1 Å². The van der Waals surface area contributed by atoms with Crippen LogP contribution in [0.3, 0.4) is 0 Å². The Kier molecular flexibility index (Phi) is 1.66. The minimum Gasteiger partial charge on any atom is -0.334 e. The molecule has 0 atom stereocenters. The van der Waals surface area contributed by atoms with E-state index in [1.807, 2.05) is 31.2 Å². The summed E-state index contributed by atoms with van der Waals surface area (Å²) in [7, 11) is 0. The highest BCUT2D eigenvalue weighted by atomic mass is 32.1. The van der Waals surface area contributed by atoms with E-state index in [-0.39, 0.29) is 0 Å². The number of aromatic nitrogens is 2. The third-order valence-electron chi connectivity index (χ3n) is 1.82. The summed E-state index contributed by atoms with van der Waals surface area (Å²) in [5.41, 5.74) is 2.03. The number of aromatic amines is 1. The first kappa shape index (κ1) is 7.43. The molecule has 60 valence electrons. The van der Waals surface area contributed by atoms with Gasteiger partial charge in [-0.15, -0.1) is 0 Å². The molecule has 1 aromatic carbocycles. The summed E-state index contributed by atoms with van der Waals surface area (Å²) >= 11 is 4.96. The molecule has 3 heteroatoms. The van der Waals surface area contributed by atoms with Crippen LogP contribution < -0.4 is 0 Å². The molecule has 0 aliphatic rings. The van der Waals surface area contributed by atoms with Gasteiger partial charge in [-0.25, -0.2) is 4.98 Å². The molecule has 0 bridgehead atoms. The van der Waals surface area contributed by atoms with Gasteiger partial charge in [-0.3, -0.25) is 0 Å². The van der Waals surface area contributed by atoms with Crippen molar-refractivity contribution >= 4 is 23.1 Å². The van der Waals surface area contributed by atoms with Crippen LogP contribution in [-0.4, -0.2) is 9.97 Å². The van der Waals surface area contributed by atoms with Crippen LogP contribution in [-0.2, 0) is 0 Å². The van der Waals surface area contributed by atoms with Gasteiger partial charge in [-0.2, -0.15) is 0 Å². The number of benzene rings is 1. The molecule has 1 heterocycles. The Morgan fingerprint density at radius 2 is 2.08 bits per heavy atom. The minimum atomic E-state index is 0.547. The van der Waals surface area contributed by atoms with Gasteiger partial charge < -0.3 is 4.98 Å². The smallest absolute Gasteiger partial charge is 0.197 e. The number of H-pyrrole nitrogens is 1. The van der Waals surface area contributed by atoms with E-state index in [1.165, 1.54) is 0 Å². The Bertz CT molecular complexity index is 473. The summed E-state index contributed by atoms with van der Waals surface area (Å²) in [6.45, 7) is 2.00. The molecule has 2 rings (SSSR count). The summed E-state index contributed by atoms with van der Waals surface area (Å²) in [4.78, 5) is 7.21. The number of para-hydroxylation sites is 1. The normalized spacial score (nSPS) is 10.4. The van der Waals surface area contributed by atoms with Gasteiger partial charge in [0.2, 0.25) is 0 Å². The van der Waals surface area contributed by atoms with Crippen molar-refractivity contribution in [2.45, 2.75) is 6.92 Å². The van der Waals surface area contributed by atoms with E-state index in [9.17, 15) is 0 Å². The standard InChI is InChI=1S/C9H8N2S/c1-6-7-4-2-3-5-8(7)11-9(12)10-6/h2-5H,1H3,(H,10,11,12). The van der Waals surface area contributed by atoms with Crippen molar-refractivity contribution in [2.75, 3.05) is 0 Å². The average molecular weight is 176 g/mol. The van der Waals surface area contributed by atoms with Gasteiger partial charge in [0.25, 0.3) is 0 Å². The number of fused-ring (bicyclic) bond motifs is 1. The lowest BCUT2D eigenvalue weighted by atomic mass is 10.2. The van der Waals surface area contributed by atoms with E-state index >= 15 is 0 Å². The zero-order valence-corrected chi connectivity index (χ0v) is 7.48. The van der Waals surface area contributed by atoms with E-state index < -0.39 is 0 Å². The Labute approximate surface area is 75.3 Å². The predicted molar refractivity (Wildman–Crippen MR) is 51.7 cm³/mol. The molecule has 0 amide bonds. The average Bonchev–Trinajstić information content (AvgIpc) is 2.04. The second-order valence-electron chi connectivity index (χ2n) is 2.68. The Hall–Kier alpha value is -1.22. The van der Waals surface area contributed by atoms with Crippen LogP contribution in [0.4, 0.5) is 0 Å². The third kappa shape index (κ3) is 1.12. The highest BCUT2D eigenvalue weighted by Gasteiger charge is 1.95. The number of nitrogens with zero attached hydrogens (tertiary/aromatic N) is 1. The first-order valence-electron chi connectivity index (χ1n) is 3.73. The maximum atomic E-state index is 4.96. The topological polar surface area (TPSA) is 28.7 Å². The number of hydrogen-bond donors (Lipinski definition) is 1. The van der Waals surface area contributed by atoms with Crippen molar-refractivity contribution < 1.29 is 0 Å². The highest BCUT2D eigenvalue weighted by Crippen LogP contribution is 2.12. The molecule has 1 N–H and O–H groups in total. The van der Waals surface area contributed by atoms with Gasteiger partial charge in [-0.1, -0.05) is 18.2 Å². The van der Waals surface area contributed by atoms with Crippen LogP contribution in [0.2, 0.25) is 0 Å². The molecule has 0 saturated carbocycles. The molecule has 2 aromatic rings. The largest absolute Gasteiger partial charge is 0.334 e. The van der Waals surface area contributed by atoms with Crippen molar-refractivity contribution in [2.24, 2.45) is 0 Å². The zero-order valence-electron chi connectivity index (χ0n) is 6.66. The molecule has 12 heavy (non-hydrogen) atoms. The lowest BCUT2D eigenvalue weighted by Gasteiger charge is -1.99. The third-order valence-corrected chi connectivity index (χ3v) is 2.02. The SMILES string of the molecule is Cc1[nH]c(=S)nc2ccccc12. The van der Waals surface area contributed by atoms with E-state index in [1.54, 1.807) is 0 Å². The Balaban J connectivity index is 2.99. The molecule has 0 spiro atoms. The number of rotatable bonds is 0. The molecule has 2 nitrogen and oxygen atoms in total. The number of nitrogens with one attached hydrogen (secondary N) is 1. The lowest BCUT2D eigenvalue weighted by molar-refractivity contribution is 1.12. The van der Waals surface area contributed by atoms with Crippen LogP contribution in [0.25, 0.3) is 10.9 Å². The van der Waals surface area contributed by atoms with E-state index in [0.29, 0.717) is 4.77 Å². The second kappa shape index (κ2) is 2.68. The quantitative estimate of drug-likeness (QED) is 0.625. The highest BCUT2D eigenvalue weighted by molar-refractivity contribution is 7.71. The summed E-state index contributed by atoms with van der Waals surface area (Å²) in [5, 5.41) is 1.13. The van der Waals surface area contributed by atoms with E-state index in [2.05, 4.69) is 9.97 Å². The lowest BCUT2D eigenvalue weighted by Crippen LogP contribution is -1.88. The molecule has 0 aliphatic heterocycles. The molecule has 0 saturated heterocycles. The van der Waals surface area contributed by atoms with Gasteiger partial charge in [0.15, 0.2) is 4.77 Å². The summed E-state index contributed by atoms with van der Waals surface area (Å²) < 4.78 is 0.547. The summed E-state index contributed by atoms with van der Waals surface area (Å²) in [6.07, 6.45) is 0. The maximum absolute atomic E-state index is 4.96. The molecular formula is C9H8N2S. The predicted octanol–water partition coefficient (Wildman–Crippen LogP) is 2.60. The fourth-order valence-corrected chi connectivity index (χ4v) is 1.50. The van der Waals surface area contributed by atoms with Crippen molar-refractivity contribution in [1.82, 2.24) is 9.97 Å². The van der Waals surface area contributed by atoms with Crippen molar-refractivity contribution in [3.05, 3.63) is 34.7 Å². The van der Waals surface area contributed by atoms with Crippen LogP contribution in [0.5, 0.6) is 0 Å².